The summed E-state index contributed by atoms with van der Waals surface area (Å²) in [5.41, 5.74) is 2.54. The van der Waals surface area contributed by atoms with Crippen molar-refractivity contribution in [1.29, 1.82) is 0 Å². The SMILES string of the molecule is CCOC(=O)C1=C(C)N=c2s/c(=C/[C@H]3C(=O)N(c4ccccc4)N=C3C)c(=O)n2[C@@H]1c1ccccc1. The Hall–Kier alpha value is -4.11. The van der Waals surface area contributed by atoms with Gasteiger partial charge >= 0.3 is 5.97 Å². The Morgan fingerprint density at radius 2 is 1.72 bits per heavy atom. The molecule has 8 nitrogen and oxygen atoms in total. The molecule has 0 saturated heterocycles. The summed E-state index contributed by atoms with van der Waals surface area (Å²) in [6.45, 7) is 5.47. The topological polar surface area (TPSA) is 93.3 Å². The molecule has 0 bridgehead atoms. The predicted molar refractivity (Wildman–Crippen MR) is 138 cm³/mol. The van der Waals surface area contributed by atoms with Gasteiger partial charge in [-0.2, -0.15) is 10.1 Å². The lowest BCUT2D eigenvalue weighted by Gasteiger charge is -2.24. The number of nitrogens with zero attached hydrogens (tertiary/aromatic N) is 4. The summed E-state index contributed by atoms with van der Waals surface area (Å²) in [5, 5.41) is 5.80. The molecule has 1 aromatic heterocycles. The molecule has 0 spiro atoms. The van der Waals surface area contributed by atoms with E-state index in [-0.39, 0.29) is 18.1 Å². The number of hydrogen-bond acceptors (Lipinski definition) is 7. The minimum absolute atomic E-state index is 0.210. The van der Waals surface area contributed by atoms with Crippen LogP contribution in [0, 0.1) is 5.92 Å². The summed E-state index contributed by atoms with van der Waals surface area (Å²) in [4.78, 5) is 44.9. The van der Waals surface area contributed by atoms with Crippen molar-refractivity contribution in [2.45, 2.75) is 26.8 Å². The van der Waals surface area contributed by atoms with Gasteiger partial charge in [-0.15, -0.1) is 0 Å². The first-order chi connectivity index (χ1) is 17.4. The van der Waals surface area contributed by atoms with Gasteiger partial charge in [0.15, 0.2) is 4.80 Å². The molecule has 2 aliphatic heterocycles. The van der Waals surface area contributed by atoms with E-state index in [1.165, 1.54) is 20.9 Å². The van der Waals surface area contributed by atoms with Crippen LogP contribution in [0.25, 0.3) is 6.08 Å². The van der Waals surface area contributed by atoms with Gasteiger partial charge in [-0.25, -0.2) is 9.79 Å². The maximum Gasteiger partial charge on any atom is 0.338 e. The third-order valence-corrected chi connectivity index (χ3v) is 7.13. The molecule has 2 aliphatic rings. The van der Waals surface area contributed by atoms with Crippen LogP contribution < -0.4 is 19.9 Å². The molecule has 0 saturated carbocycles. The van der Waals surface area contributed by atoms with Gasteiger partial charge in [-0.3, -0.25) is 14.2 Å². The number of anilines is 1. The number of hydrogen-bond donors (Lipinski definition) is 0. The monoisotopic (exact) mass is 500 g/mol. The fourth-order valence-corrected chi connectivity index (χ4v) is 5.49. The van der Waals surface area contributed by atoms with Gasteiger partial charge in [-0.05, 0) is 44.5 Å². The molecular weight excluding hydrogens is 476 g/mol. The molecule has 0 N–H and O–H groups in total. The number of allylic oxidation sites excluding steroid dienone is 1. The second-order valence-corrected chi connectivity index (χ2v) is 9.45. The van der Waals surface area contributed by atoms with Gasteiger partial charge in [0.2, 0.25) is 0 Å². The highest BCUT2D eigenvalue weighted by Gasteiger charge is 2.35. The van der Waals surface area contributed by atoms with E-state index in [1.807, 2.05) is 60.7 Å². The number of esters is 1. The minimum Gasteiger partial charge on any atom is -0.463 e. The number of carbonyl (C=O) groups excluding carboxylic acids is 2. The van der Waals surface area contributed by atoms with Crippen molar-refractivity contribution < 1.29 is 14.3 Å². The molecule has 0 aliphatic carbocycles. The van der Waals surface area contributed by atoms with Crippen LogP contribution in [0.2, 0.25) is 0 Å². The van der Waals surface area contributed by atoms with Crippen LogP contribution in [-0.2, 0) is 14.3 Å². The first-order valence-electron chi connectivity index (χ1n) is 11.6. The van der Waals surface area contributed by atoms with E-state index < -0.39 is 17.9 Å². The number of aromatic nitrogens is 1. The highest BCUT2D eigenvalue weighted by atomic mass is 32.1. The van der Waals surface area contributed by atoms with Crippen LogP contribution in [0.4, 0.5) is 5.69 Å². The number of rotatable bonds is 5. The van der Waals surface area contributed by atoms with Crippen molar-refractivity contribution >= 4 is 40.7 Å². The molecule has 3 aromatic rings. The van der Waals surface area contributed by atoms with Crippen molar-refractivity contribution in [3.05, 3.63) is 97.2 Å². The standard InChI is InChI=1S/C27H24N4O4S/c1-4-35-26(34)22-17(3)28-27-30(23(22)18-11-7-5-8-12-18)25(33)21(36-27)15-20-16(2)29-31(24(20)32)19-13-9-6-10-14-19/h5-15,20,23H,4H2,1-3H3/b21-15+/t20-,23-/m1/s1. The van der Waals surface area contributed by atoms with Gasteiger partial charge in [-0.1, -0.05) is 59.9 Å². The van der Waals surface area contributed by atoms with Crippen LogP contribution in [0.1, 0.15) is 32.4 Å². The minimum atomic E-state index is -0.682. The summed E-state index contributed by atoms with van der Waals surface area (Å²) >= 11 is 1.20. The Morgan fingerprint density at radius 3 is 2.39 bits per heavy atom. The quantitative estimate of drug-likeness (QED) is 0.504. The number of ether oxygens (including phenoxy) is 1. The Balaban J connectivity index is 1.62. The largest absolute Gasteiger partial charge is 0.463 e. The zero-order valence-electron chi connectivity index (χ0n) is 20.0. The van der Waals surface area contributed by atoms with Crippen LogP contribution in [0.5, 0.6) is 0 Å². The molecule has 0 fully saturated rings. The molecule has 182 valence electrons. The Kier molecular flexibility index (Phi) is 6.24. The molecule has 0 unspecified atom stereocenters. The Labute approximate surface area is 211 Å². The van der Waals surface area contributed by atoms with Gasteiger partial charge in [0.05, 0.1) is 39.9 Å². The van der Waals surface area contributed by atoms with E-state index in [9.17, 15) is 14.4 Å². The molecule has 9 heteroatoms. The van der Waals surface area contributed by atoms with E-state index in [0.29, 0.717) is 32.0 Å². The number of fused-ring (bicyclic) bond motifs is 1. The van der Waals surface area contributed by atoms with Crippen molar-refractivity contribution in [1.82, 2.24) is 4.57 Å². The third-order valence-electron chi connectivity index (χ3n) is 6.13. The van der Waals surface area contributed by atoms with E-state index in [4.69, 9.17) is 4.74 Å². The van der Waals surface area contributed by atoms with Crippen LogP contribution in [0.15, 0.2) is 86.8 Å². The smallest absolute Gasteiger partial charge is 0.338 e. The summed E-state index contributed by atoms with van der Waals surface area (Å²) in [7, 11) is 0. The zero-order chi connectivity index (χ0) is 25.4. The van der Waals surface area contributed by atoms with Gasteiger partial charge in [0.25, 0.3) is 11.5 Å². The highest BCUT2D eigenvalue weighted by Crippen LogP contribution is 2.30. The number of para-hydroxylation sites is 1. The lowest BCUT2D eigenvalue weighted by molar-refractivity contribution is -0.139. The molecule has 2 aromatic carbocycles. The van der Waals surface area contributed by atoms with Gasteiger partial charge in [0, 0.05) is 0 Å². The average molecular weight is 501 g/mol. The maximum absolute atomic E-state index is 13.7. The Morgan fingerprint density at radius 1 is 1.06 bits per heavy atom. The third kappa shape index (κ3) is 4.01. The van der Waals surface area contributed by atoms with Crippen molar-refractivity contribution in [3.63, 3.8) is 0 Å². The second-order valence-electron chi connectivity index (χ2n) is 8.44. The van der Waals surface area contributed by atoms with Crippen LogP contribution >= 0.6 is 11.3 Å². The molecular formula is C27H24N4O4S. The maximum atomic E-state index is 13.7. The van der Waals surface area contributed by atoms with E-state index in [0.717, 1.165) is 5.56 Å². The summed E-state index contributed by atoms with van der Waals surface area (Å²) in [6, 6.07) is 17.8. The number of benzene rings is 2. The lowest BCUT2D eigenvalue weighted by Crippen LogP contribution is -2.40. The van der Waals surface area contributed by atoms with E-state index in [2.05, 4.69) is 10.1 Å². The first kappa shape index (κ1) is 23.6. The summed E-state index contributed by atoms with van der Waals surface area (Å²) in [5.74, 6) is -1.41. The molecule has 5 rings (SSSR count). The predicted octanol–water partition coefficient (Wildman–Crippen LogP) is 2.79. The number of thiazole rings is 1. The van der Waals surface area contributed by atoms with Gasteiger partial charge < -0.3 is 4.74 Å². The molecule has 0 radical (unpaired) electrons. The molecule has 36 heavy (non-hydrogen) atoms. The number of amides is 1. The number of hydrazone groups is 1. The highest BCUT2D eigenvalue weighted by molar-refractivity contribution is 7.07. The summed E-state index contributed by atoms with van der Waals surface area (Å²) < 4.78 is 7.20. The van der Waals surface area contributed by atoms with Crippen molar-refractivity contribution in [2.75, 3.05) is 11.6 Å². The van der Waals surface area contributed by atoms with E-state index >= 15 is 0 Å². The number of carbonyl (C=O) groups is 2. The van der Waals surface area contributed by atoms with Crippen molar-refractivity contribution in [2.24, 2.45) is 16.0 Å². The van der Waals surface area contributed by atoms with Crippen molar-refractivity contribution in [3.8, 4) is 0 Å². The lowest BCUT2D eigenvalue weighted by atomic mass is 9.96. The fourth-order valence-electron chi connectivity index (χ4n) is 4.43. The second kappa shape index (κ2) is 9.50. The fraction of sp³-hybridized carbons (Fsp3) is 0.222. The van der Waals surface area contributed by atoms with E-state index in [1.54, 1.807) is 26.8 Å². The van der Waals surface area contributed by atoms with Crippen LogP contribution in [-0.4, -0.2) is 28.8 Å². The Bertz CT molecular complexity index is 1590. The van der Waals surface area contributed by atoms with Crippen LogP contribution in [0.3, 0.4) is 0 Å². The molecule has 1 amide bonds. The summed E-state index contributed by atoms with van der Waals surface area (Å²) in [6.07, 6.45) is 1.65. The molecule has 2 atom stereocenters. The normalized spacial score (nSPS) is 19.8. The molecule has 3 heterocycles. The van der Waals surface area contributed by atoms with Gasteiger partial charge in [0.1, 0.15) is 5.92 Å². The zero-order valence-corrected chi connectivity index (χ0v) is 20.9. The average Bonchev–Trinajstić information content (AvgIpc) is 3.34. The first-order valence-corrected chi connectivity index (χ1v) is 12.4.